The Bertz CT molecular complexity index is 410. The van der Waals surface area contributed by atoms with E-state index in [0.29, 0.717) is 17.9 Å². The van der Waals surface area contributed by atoms with Gasteiger partial charge < -0.3 is 15.2 Å². The Morgan fingerprint density at radius 2 is 2.12 bits per heavy atom. The van der Waals surface area contributed by atoms with Gasteiger partial charge in [-0.1, -0.05) is 6.07 Å². The molecule has 0 radical (unpaired) electrons. The van der Waals surface area contributed by atoms with E-state index in [1.807, 2.05) is 25.1 Å². The molecule has 92 valence electrons. The van der Waals surface area contributed by atoms with Crippen molar-refractivity contribution in [3.8, 4) is 17.6 Å². The first-order valence-corrected chi connectivity index (χ1v) is 5.55. The highest BCUT2D eigenvalue weighted by atomic mass is 16.5. The van der Waals surface area contributed by atoms with Crippen LogP contribution in [-0.4, -0.2) is 19.3 Å². The number of rotatable bonds is 5. The molecule has 0 amide bonds. The van der Waals surface area contributed by atoms with E-state index in [4.69, 9.17) is 20.5 Å². The zero-order valence-corrected chi connectivity index (χ0v) is 10.4. The van der Waals surface area contributed by atoms with Crippen molar-refractivity contribution in [1.82, 2.24) is 0 Å². The maximum absolute atomic E-state index is 8.76. The van der Waals surface area contributed by atoms with Crippen molar-refractivity contribution in [1.29, 1.82) is 5.26 Å². The molecule has 4 nitrogen and oxygen atoms in total. The Morgan fingerprint density at radius 1 is 1.41 bits per heavy atom. The molecule has 0 saturated heterocycles. The summed E-state index contributed by atoms with van der Waals surface area (Å²) < 4.78 is 10.7. The summed E-state index contributed by atoms with van der Waals surface area (Å²) in [5, 5.41) is 8.76. The number of ether oxygens (including phenoxy) is 2. The predicted octanol–water partition coefficient (Wildman–Crippen LogP) is 1.88. The van der Waals surface area contributed by atoms with Crippen LogP contribution in [0.3, 0.4) is 0 Å². The molecule has 17 heavy (non-hydrogen) atoms. The Kier molecular flexibility index (Phi) is 4.80. The largest absolute Gasteiger partial charge is 0.497 e. The molecule has 0 aliphatic rings. The average Bonchev–Trinajstić information content (AvgIpc) is 2.30. The molecule has 2 atom stereocenters. The van der Waals surface area contributed by atoms with Crippen molar-refractivity contribution in [2.45, 2.75) is 32.4 Å². The Balaban J connectivity index is 2.99. The molecule has 1 aromatic carbocycles. The van der Waals surface area contributed by atoms with Gasteiger partial charge in [-0.3, -0.25) is 0 Å². The predicted molar refractivity (Wildman–Crippen MR) is 66.1 cm³/mol. The molecule has 0 heterocycles. The van der Waals surface area contributed by atoms with Crippen LogP contribution in [0.4, 0.5) is 0 Å². The van der Waals surface area contributed by atoms with Gasteiger partial charge in [-0.2, -0.15) is 5.26 Å². The summed E-state index contributed by atoms with van der Waals surface area (Å²) in [6.45, 7) is 3.64. The molecular weight excluding hydrogens is 216 g/mol. The molecular formula is C13H18N2O2. The molecule has 2 unspecified atom stereocenters. The van der Waals surface area contributed by atoms with E-state index in [2.05, 4.69) is 0 Å². The normalized spacial score (nSPS) is 13.6. The summed E-state index contributed by atoms with van der Waals surface area (Å²) in [5.41, 5.74) is 6.76. The van der Waals surface area contributed by atoms with Gasteiger partial charge in [-0.25, -0.2) is 0 Å². The Hall–Kier alpha value is -1.73. The minimum Gasteiger partial charge on any atom is -0.497 e. The second-order valence-corrected chi connectivity index (χ2v) is 4.04. The SMILES string of the molecule is COc1ccc(CC(C)N)c(OC(C)C#N)c1. The van der Waals surface area contributed by atoms with E-state index in [1.165, 1.54) is 0 Å². The lowest BCUT2D eigenvalue weighted by molar-refractivity contribution is 0.271. The molecule has 0 fully saturated rings. The number of nitriles is 1. The highest BCUT2D eigenvalue weighted by Crippen LogP contribution is 2.26. The van der Waals surface area contributed by atoms with Gasteiger partial charge in [0.05, 0.1) is 7.11 Å². The van der Waals surface area contributed by atoms with Crippen molar-refractivity contribution >= 4 is 0 Å². The van der Waals surface area contributed by atoms with E-state index in [0.717, 1.165) is 5.56 Å². The van der Waals surface area contributed by atoms with Crippen LogP contribution in [0.15, 0.2) is 18.2 Å². The first kappa shape index (κ1) is 13.3. The third-order valence-corrected chi connectivity index (χ3v) is 2.30. The number of methoxy groups -OCH3 is 1. The van der Waals surface area contributed by atoms with Gasteiger partial charge in [0.25, 0.3) is 0 Å². The van der Waals surface area contributed by atoms with Crippen molar-refractivity contribution in [2.24, 2.45) is 5.73 Å². The van der Waals surface area contributed by atoms with Gasteiger partial charge in [0.1, 0.15) is 17.6 Å². The van der Waals surface area contributed by atoms with Crippen LogP contribution in [0.2, 0.25) is 0 Å². The van der Waals surface area contributed by atoms with Crippen LogP contribution in [0.1, 0.15) is 19.4 Å². The van der Waals surface area contributed by atoms with E-state index < -0.39 is 6.10 Å². The lowest BCUT2D eigenvalue weighted by Gasteiger charge is -2.15. The molecule has 4 heteroatoms. The molecule has 0 aliphatic heterocycles. The van der Waals surface area contributed by atoms with Crippen molar-refractivity contribution in [2.75, 3.05) is 7.11 Å². The summed E-state index contributed by atoms with van der Waals surface area (Å²) in [7, 11) is 1.60. The number of hydrogen-bond acceptors (Lipinski definition) is 4. The second kappa shape index (κ2) is 6.12. The van der Waals surface area contributed by atoms with E-state index in [9.17, 15) is 0 Å². The zero-order chi connectivity index (χ0) is 12.8. The highest BCUT2D eigenvalue weighted by Gasteiger charge is 2.10. The summed E-state index contributed by atoms with van der Waals surface area (Å²) >= 11 is 0. The van der Waals surface area contributed by atoms with Crippen molar-refractivity contribution < 1.29 is 9.47 Å². The van der Waals surface area contributed by atoms with Crippen LogP contribution in [0.5, 0.6) is 11.5 Å². The van der Waals surface area contributed by atoms with Crippen LogP contribution in [-0.2, 0) is 6.42 Å². The maximum Gasteiger partial charge on any atom is 0.181 e. The number of benzene rings is 1. The molecule has 0 bridgehead atoms. The van der Waals surface area contributed by atoms with E-state index >= 15 is 0 Å². The molecule has 1 rings (SSSR count). The smallest absolute Gasteiger partial charge is 0.181 e. The summed E-state index contributed by atoms with van der Waals surface area (Å²) in [6.07, 6.45) is 0.214. The van der Waals surface area contributed by atoms with Gasteiger partial charge in [0.15, 0.2) is 6.10 Å². The van der Waals surface area contributed by atoms with Crippen LogP contribution < -0.4 is 15.2 Å². The number of hydrogen-bond donors (Lipinski definition) is 1. The molecule has 0 spiro atoms. The Labute approximate surface area is 102 Å². The van der Waals surface area contributed by atoms with E-state index in [-0.39, 0.29) is 6.04 Å². The fourth-order valence-electron chi connectivity index (χ4n) is 1.50. The molecule has 0 aliphatic carbocycles. The lowest BCUT2D eigenvalue weighted by Crippen LogP contribution is -2.19. The minimum absolute atomic E-state index is 0.0446. The summed E-state index contributed by atoms with van der Waals surface area (Å²) in [6, 6.07) is 7.65. The fourth-order valence-corrected chi connectivity index (χ4v) is 1.50. The topological polar surface area (TPSA) is 68.3 Å². The average molecular weight is 234 g/mol. The van der Waals surface area contributed by atoms with Gasteiger partial charge in [0, 0.05) is 12.1 Å². The number of nitrogens with zero attached hydrogens (tertiary/aromatic N) is 1. The quantitative estimate of drug-likeness (QED) is 0.844. The van der Waals surface area contributed by atoms with Gasteiger partial charge in [-0.05, 0) is 31.9 Å². The van der Waals surface area contributed by atoms with Crippen LogP contribution in [0, 0.1) is 11.3 Å². The monoisotopic (exact) mass is 234 g/mol. The maximum atomic E-state index is 8.76. The minimum atomic E-state index is -0.492. The summed E-state index contributed by atoms with van der Waals surface area (Å²) in [5.74, 6) is 1.37. The van der Waals surface area contributed by atoms with Gasteiger partial charge >= 0.3 is 0 Å². The zero-order valence-electron chi connectivity index (χ0n) is 10.4. The third kappa shape index (κ3) is 3.97. The molecule has 1 aromatic rings. The van der Waals surface area contributed by atoms with Crippen molar-refractivity contribution in [3.63, 3.8) is 0 Å². The van der Waals surface area contributed by atoms with Crippen molar-refractivity contribution in [3.05, 3.63) is 23.8 Å². The van der Waals surface area contributed by atoms with Gasteiger partial charge in [0.2, 0.25) is 0 Å². The standard InChI is InChI=1S/C13H18N2O2/c1-9(15)6-11-4-5-12(16-3)7-13(11)17-10(2)8-14/h4-5,7,9-10H,6,15H2,1-3H3. The first-order valence-electron chi connectivity index (χ1n) is 5.55. The molecule has 0 saturated carbocycles. The number of nitrogens with two attached hydrogens (primary N) is 1. The first-order chi connectivity index (χ1) is 8.06. The molecule has 0 aromatic heterocycles. The third-order valence-electron chi connectivity index (χ3n) is 2.30. The second-order valence-electron chi connectivity index (χ2n) is 4.04. The van der Waals surface area contributed by atoms with Gasteiger partial charge in [-0.15, -0.1) is 0 Å². The highest BCUT2D eigenvalue weighted by molar-refractivity contribution is 5.41. The molecule has 2 N–H and O–H groups in total. The van der Waals surface area contributed by atoms with E-state index in [1.54, 1.807) is 20.1 Å². The van der Waals surface area contributed by atoms with Crippen LogP contribution >= 0.6 is 0 Å². The Morgan fingerprint density at radius 3 is 2.65 bits per heavy atom. The van der Waals surface area contributed by atoms with Crippen LogP contribution in [0.25, 0.3) is 0 Å². The fraction of sp³-hybridized carbons (Fsp3) is 0.462. The summed E-state index contributed by atoms with van der Waals surface area (Å²) in [4.78, 5) is 0. The lowest BCUT2D eigenvalue weighted by atomic mass is 10.1.